The fourth-order valence-electron chi connectivity index (χ4n) is 3.14. The molecule has 2 aliphatic heterocycles. The zero-order valence-corrected chi connectivity index (χ0v) is 13.8. The normalized spacial score (nSPS) is 22.6. The van der Waals surface area contributed by atoms with Gasteiger partial charge in [-0.2, -0.15) is 0 Å². The molecule has 0 aromatic heterocycles. The third-order valence-electron chi connectivity index (χ3n) is 4.26. The molecule has 1 aromatic rings. The van der Waals surface area contributed by atoms with Gasteiger partial charge in [-0.05, 0) is 31.4 Å². The Bertz CT molecular complexity index is 725. The number of nitrogens with one attached hydrogen (secondary N) is 2. The summed E-state index contributed by atoms with van der Waals surface area (Å²) in [5, 5.41) is 4.86. The lowest BCUT2D eigenvalue weighted by Crippen LogP contribution is -2.38. The first-order valence-electron chi connectivity index (χ1n) is 7.86. The minimum absolute atomic E-state index is 0.00805. The van der Waals surface area contributed by atoms with Crippen molar-refractivity contribution in [2.45, 2.75) is 25.3 Å². The molecule has 0 spiro atoms. The zero-order chi connectivity index (χ0) is 17.3. The molecule has 6 nitrogen and oxygen atoms in total. The van der Waals surface area contributed by atoms with Crippen molar-refractivity contribution in [2.75, 3.05) is 34.8 Å². The minimum Gasteiger partial charge on any atom is -0.367 e. The van der Waals surface area contributed by atoms with Crippen LogP contribution in [0.15, 0.2) is 12.1 Å². The number of sulfone groups is 1. The van der Waals surface area contributed by atoms with E-state index >= 15 is 0 Å². The molecule has 3 rings (SSSR count). The first-order chi connectivity index (χ1) is 11.3. The predicted molar refractivity (Wildman–Crippen MR) is 87.0 cm³/mol. The number of rotatable bonds is 3. The highest BCUT2D eigenvalue weighted by Crippen LogP contribution is 2.29. The largest absolute Gasteiger partial charge is 0.367 e. The molecule has 2 amide bonds. The van der Waals surface area contributed by atoms with E-state index in [4.69, 9.17) is 0 Å². The van der Waals surface area contributed by atoms with Crippen LogP contribution in [0.2, 0.25) is 0 Å². The van der Waals surface area contributed by atoms with Gasteiger partial charge in [0.05, 0.1) is 11.5 Å². The average molecular weight is 359 g/mol. The molecular formula is C15H19F2N3O3S. The first kappa shape index (κ1) is 16.9. The first-order valence-corrected chi connectivity index (χ1v) is 9.68. The van der Waals surface area contributed by atoms with Crippen molar-refractivity contribution < 1.29 is 22.0 Å². The molecule has 24 heavy (non-hydrogen) atoms. The molecule has 2 fully saturated rings. The third kappa shape index (κ3) is 3.77. The number of benzene rings is 1. The lowest BCUT2D eigenvalue weighted by atomic mass is 10.2. The van der Waals surface area contributed by atoms with Crippen LogP contribution in [0.5, 0.6) is 0 Å². The minimum atomic E-state index is -3.11. The molecule has 2 saturated heterocycles. The Hall–Kier alpha value is -1.90. The molecule has 2 N–H and O–H groups in total. The fraction of sp³-hybridized carbons (Fsp3) is 0.533. The van der Waals surface area contributed by atoms with E-state index in [9.17, 15) is 22.0 Å². The lowest BCUT2D eigenvalue weighted by Gasteiger charge is -2.20. The van der Waals surface area contributed by atoms with E-state index in [0.717, 1.165) is 25.0 Å². The van der Waals surface area contributed by atoms with Crippen LogP contribution in [-0.4, -0.2) is 45.1 Å². The maximum absolute atomic E-state index is 14.2. The van der Waals surface area contributed by atoms with Gasteiger partial charge >= 0.3 is 6.03 Å². The van der Waals surface area contributed by atoms with Crippen molar-refractivity contribution >= 4 is 27.2 Å². The summed E-state index contributed by atoms with van der Waals surface area (Å²) in [4.78, 5) is 13.5. The molecule has 132 valence electrons. The number of halogens is 2. The van der Waals surface area contributed by atoms with E-state index in [-0.39, 0.29) is 22.9 Å². The van der Waals surface area contributed by atoms with Crippen LogP contribution in [0.3, 0.4) is 0 Å². The van der Waals surface area contributed by atoms with Gasteiger partial charge < -0.3 is 15.5 Å². The molecule has 1 atom stereocenters. The highest BCUT2D eigenvalue weighted by atomic mass is 32.2. The summed E-state index contributed by atoms with van der Waals surface area (Å²) in [5.41, 5.74) is -0.0772. The molecule has 1 aromatic carbocycles. The van der Waals surface area contributed by atoms with Crippen molar-refractivity contribution in [1.29, 1.82) is 0 Å². The van der Waals surface area contributed by atoms with Crippen LogP contribution in [0.1, 0.15) is 19.3 Å². The Morgan fingerprint density at radius 3 is 2.33 bits per heavy atom. The fourth-order valence-corrected chi connectivity index (χ4v) is 4.82. The van der Waals surface area contributed by atoms with Crippen LogP contribution in [-0.2, 0) is 9.84 Å². The monoisotopic (exact) mass is 359 g/mol. The van der Waals surface area contributed by atoms with Gasteiger partial charge in [0, 0.05) is 24.8 Å². The van der Waals surface area contributed by atoms with Gasteiger partial charge in [0.25, 0.3) is 0 Å². The van der Waals surface area contributed by atoms with Gasteiger partial charge in [-0.15, -0.1) is 0 Å². The highest BCUT2D eigenvalue weighted by molar-refractivity contribution is 7.91. The number of anilines is 2. The number of carbonyl (C=O) groups is 1. The summed E-state index contributed by atoms with van der Waals surface area (Å²) in [6.45, 7) is 1.22. The van der Waals surface area contributed by atoms with Crippen LogP contribution in [0.4, 0.5) is 25.0 Å². The van der Waals surface area contributed by atoms with E-state index in [1.54, 1.807) is 4.90 Å². The number of urea groups is 1. The van der Waals surface area contributed by atoms with Gasteiger partial charge in [-0.3, -0.25) is 0 Å². The van der Waals surface area contributed by atoms with Crippen LogP contribution < -0.4 is 15.5 Å². The number of nitrogens with zero attached hydrogens (tertiary/aromatic N) is 1. The molecule has 9 heteroatoms. The van der Waals surface area contributed by atoms with Gasteiger partial charge in [0.15, 0.2) is 21.5 Å². The number of carbonyl (C=O) groups excluding carboxylic acids is 1. The SMILES string of the molecule is O=C(Nc1cc(F)c(N2CCCC2)c(F)c1)NC1CCS(=O)(=O)C1. The Labute approximate surface area is 139 Å². The molecule has 1 unspecified atom stereocenters. The average Bonchev–Trinajstić information content (AvgIpc) is 3.08. The third-order valence-corrected chi connectivity index (χ3v) is 6.03. The summed E-state index contributed by atoms with van der Waals surface area (Å²) in [7, 11) is -3.11. The molecular weight excluding hydrogens is 340 g/mol. The lowest BCUT2D eigenvalue weighted by molar-refractivity contribution is 0.249. The van der Waals surface area contributed by atoms with Crippen molar-refractivity contribution in [2.24, 2.45) is 0 Å². The Balaban J connectivity index is 1.66. The second kappa shape index (κ2) is 6.54. The van der Waals surface area contributed by atoms with Crippen LogP contribution in [0.25, 0.3) is 0 Å². The Morgan fingerprint density at radius 1 is 1.17 bits per heavy atom. The quantitative estimate of drug-likeness (QED) is 0.864. The summed E-state index contributed by atoms with van der Waals surface area (Å²) in [6, 6.07) is 0.988. The summed E-state index contributed by atoms with van der Waals surface area (Å²) < 4.78 is 51.1. The molecule has 2 aliphatic rings. The summed E-state index contributed by atoms with van der Waals surface area (Å²) in [6.07, 6.45) is 2.13. The molecule has 0 bridgehead atoms. The predicted octanol–water partition coefficient (Wildman–Crippen LogP) is 1.87. The highest BCUT2D eigenvalue weighted by Gasteiger charge is 2.29. The smallest absolute Gasteiger partial charge is 0.319 e. The van der Waals surface area contributed by atoms with Crippen molar-refractivity contribution in [3.63, 3.8) is 0 Å². The number of hydrogen-bond donors (Lipinski definition) is 2. The van der Waals surface area contributed by atoms with E-state index < -0.39 is 33.5 Å². The van der Waals surface area contributed by atoms with Gasteiger partial charge in [-0.25, -0.2) is 22.0 Å². The van der Waals surface area contributed by atoms with Crippen molar-refractivity contribution in [1.82, 2.24) is 5.32 Å². The number of amides is 2. The molecule has 2 heterocycles. The molecule has 0 radical (unpaired) electrons. The van der Waals surface area contributed by atoms with Gasteiger partial charge in [-0.1, -0.05) is 0 Å². The Morgan fingerprint density at radius 2 is 1.79 bits per heavy atom. The maximum Gasteiger partial charge on any atom is 0.319 e. The second-order valence-electron chi connectivity index (χ2n) is 6.18. The van der Waals surface area contributed by atoms with Gasteiger partial charge in [0.2, 0.25) is 0 Å². The standard InChI is InChI=1S/C15H19F2N3O3S/c16-12-7-11(8-13(17)14(12)20-4-1-2-5-20)19-15(21)18-10-3-6-24(22,23)9-10/h7-8,10H,1-6,9H2,(H2,18,19,21). The second-order valence-corrected chi connectivity index (χ2v) is 8.41. The maximum atomic E-state index is 14.2. The van der Waals surface area contributed by atoms with E-state index in [1.165, 1.54) is 0 Å². The van der Waals surface area contributed by atoms with Crippen molar-refractivity contribution in [3.8, 4) is 0 Å². The number of hydrogen-bond acceptors (Lipinski definition) is 4. The Kier molecular flexibility index (Phi) is 4.62. The van der Waals surface area contributed by atoms with Crippen molar-refractivity contribution in [3.05, 3.63) is 23.8 Å². The van der Waals surface area contributed by atoms with E-state index in [0.29, 0.717) is 19.5 Å². The summed E-state index contributed by atoms with van der Waals surface area (Å²) in [5.74, 6) is -1.53. The van der Waals surface area contributed by atoms with Crippen LogP contribution in [0, 0.1) is 11.6 Å². The van der Waals surface area contributed by atoms with Crippen LogP contribution >= 0.6 is 0 Å². The van der Waals surface area contributed by atoms with E-state index in [1.807, 2.05) is 0 Å². The topological polar surface area (TPSA) is 78.5 Å². The molecule has 0 aliphatic carbocycles. The summed E-state index contributed by atoms with van der Waals surface area (Å²) >= 11 is 0. The van der Waals surface area contributed by atoms with E-state index in [2.05, 4.69) is 10.6 Å². The molecule has 0 saturated carbocycles. The zero-order valence-electron chi connectivity index (χ0n) is 13.0. The van der Waals surface area contributed by atoms with Gasteiger partial charge in [0.1, 0.15) is 5.69 Å².